The highest BCUT2D eigenvalue weighted by Crippen LogP contribution is 2.56. The number of imidazole rings is 1. The fourth-order valence-electron chi connectivity index (χ4n) is 5.76. The number of aromatic amines is 1. The van der Waals surface area contributed by atoms with Gasteiger partial charge in [-0.3, -0.25) is 4.79 Å². The number of aliphatic hydroxyl groups is 2. The number of H-pyrrole nitrogens is 1. The van der Waals surface area contributed by atoms with Crippen molar-refractivity contribution in [3.63, 3.8) is 0 Å². The fourth-order valence-corrected chi connectivity index (χ4v) is 8.16. The predicted octanol–water partition coefficient (Wildman–Crippen LogP) is 3.46. The lowest BCUT2D eigenvalue weighted by atomic mass is 9.71. The van der Waals surface area contributed by atoms with E-state index in [0.29, 0.717) is 12.8 Å². The maximum atomic E-state index is 13.7. The number of nitrogens with one attached hydrogen (secondary N) is 2. The topological polar surface area (TPSA) is 158 Å². The molecule has 12 heteroatoms. The lowest BCUT2D eigenvalue weighted by molar-refractivity contribution is -0.147. The number of fused-ring (bicyclic) bond motifs is 2. The number of nitrogens with two attached hydrogens (primary N) is 1. The van der Waals surface area contributed by atoms with Gasteiger partial charge in [-0.15, -0.1) is 0 Å². The summed E-state index contributed by atoms with van der Waals surface area (Å²) in [4.78, 5) is 19.5. The molecule has 1 amide bonds. The number of benzene rings is 2. The molecule has 5 rings (SSSR count). The number of anilines is 2. The fraction of sp³-hybridized carbons (Fsp3) is 0.360. The number of nitrogens with zero attached hydrogens (tertiary/aromatic N) is 1. The number of rotatable bonds is 6. The zero-order valence-electron chi connectivity index (χ0n) is 19.6. The summed E-state index contributed by atoms with van der Waals surface area (Å²) in [6.07, 6.45) is 3.18. The summed E-state index contributed by atoms with van der Waals surface area (Å²) in [5.74, 6) is -1.91. The maximum absolute atomic E-state index is 13.7. The molecule has 9 nitrogen and oxygen atoms in total. The summed E-state index contributed by atoms with van der Waals surface area (Å²) in [5, 5.41) is 24.1. The Morgan fingerprint density at radius 1 is 1.22 bits per heavy atom. The summed E-state index contributed by atoms with van der Waals surface area (Å²) < 4.78 is 40.9. The monoisotopic (exact) mass is 548 g/mol. The molecule has 5 atom stereocenters. The predicted molar refractivity (Wildman–Crippen MR) is 135 cm³/mol. The molecule has 0 radical (unpaired) electrons. The van der Waals surface area contributed by atoms with Crippen LogP contribution in [0.4, 0.5) is 15.8 Å². The van der Waals surface area contributed by atoms with Gasteiger partial charge in [-0.05, 0) is 73.9 Å². The number of nitrogen functional groups attached to an aromatic ring is 1. The average molecular weight is 549 g/mol. The van der Waals surface area contributed by atoms with Gasteiger partial charge in [-0.25, -0.2) is 17.8 Å². The Hall–Kier alpha value is -2.99. The van der Waals surface area contributed by atoms with E-state index in [2.05, 4.69) is 15.3 Å². The molecule has 2 bridgehead atoms. The third-order valence-corrected chi connectivity index (χ3v) is 10.3. The number of hydrogen-bond donors (Lipinski definition) is 5. The molecule has 6 N–H and O–H groups in total. The zero-order valence-corrected chi connectivity index (χ0v) is 21.1. The normalized spacial score (nSPS) is 26.1. The SMILES string of the molecule is Nc1cc(NC(=O)c2ccc(Cl)c(S(=O)(=O)[C@@H]3CC4CC[C@@H](C3)[C@@]4(O)C(O)c3ncc[nH]3)c2)ccc1F. The number of carbonyl (C=O) groups is 1. The summed E-state index contributed by atoms with van der Waals surface area (Å²) in [5.41, 5.74) is 4.22. The molecule has 2 aliphatic rings. The van der Waals surface area contributed by atoms with Gasteiger partial charge in [0.15, 0.2) is 9.84 Å². The van der Waals surface area contributed by atoms with E-state index in [0.717, 1.165) is 6.07 Å². The minimum Gasteiger partial charge on any atom is -0.396 e. The van der Waals surface area contributed by atoms with E-state index in [1.165, 1.54) is 36.5 Å². The van der Waals surface area contributed by atoms with Gasteiger partial charge < -0.3 is 26.2 Å². The van der Waals surface area contributed by atoms with Gasteiger partial charge in [-0.1, -0.05) is 11.6 Å². The van der Waals surface area contributed by atoms with Crippen molar-refractivity contribution in [2.45, 2.75) is 47.5 Å². The van der Waals surface area contributed by atoms with Crippen LogP contribution in [-0.4, -0.2) is 45.4 Å². The van der Waals surface area contributed by atoms with E-state index < -0.39 is 50.4 Å². The Balaban J connectivity index is 1.39. The number of amides is 1. The molecule has 2 saturated carbocycles. The van der Waals surface area contributed by atoms with Crippen molar-refractivity contribution in [3.05, 3.63) is 71.0 Å². The minimum atomic E-state index is -3.99. The standard InChI is InChI=1S/C25H26ClFN4O5S/c26-18-5-1-13(24(33)31-16-4-6-19(27)20(28)12-16)9-21(18)37(35,36)17-10-14-2-3-15(11-17)25(14,34)22(32)23-29-7-8-30-23/h1,4-9,12,14-15,17,22,32,34H,2-3,10-11,28H2,(H,29,30)(H,31,33)/t14-,15?,17-,22?,25-/m0/s1. The molecular formula is C25H26ClFN4O5S. The summed E-state index contributed by atoms with van der Waals surface area (Å²) in [6.45, 7) is 0. The molecule has 196 valence electrons. The Bertz CT molecular complexity index is 1440. The smallest absolute Gasteiger partial charge is 0.255 e. The second-order valence-corrected chi connectivity index (χ2v) is 12.3. The number of aromatic nitrogens is 2. The first kappa shape index (κ1) is 25.7. The van der Waals surface area contributed by atoms with Crippen LogP contribution in [0.15, 0.2) is 53.7 Å². The molecule has 2 fully saturated rings. The Kier molecular flexibility index (Phi) is 6.51. The van der Waals surface area contributed by atoms with Crippen molar-refractivity contribution in [1.29, 1.82) is 0 Å². The molecule has 2 aliphatic carbocycles. The third-order valence-electron chi connectivity index (χ3n) is 7.68. The van der Waals surface area contributed by atoms with Crippen molar-refractivity contribution >= 4 is 38.7 Å². The van der Waals surface area contributed by atoms with Crippen molar-refractivity contribution in [3.8, 4) is 0 Å². The Morgan fingerprint density at radius 2 is 1.92 bits per heavy atom. The second-order valence-electron chi connectivity index (χ2n) is 9.71. The minimum absolute atomic E-state index is 0.0219. The van der Waals surface area contributed by atoms with E-state index in [-0.39, 0.29) is 45.5 Å². The van der Waals surface area contributed by atoms with Crippen molar-refractivity contribution in [1.82, 2.24) is 9.97 Å². The zero-order chi connectivity index (χ0) is 26.5. The van der Waals surface area contributed by atoms with E-state index in [1.54, 1.807) is 6.20 Å². The van der Waals surface area contributed by atoms with Crippen LogP contribution >= 0.6 is 11.6 Å². The van der Waals surface area contributed by atoms with Crippen molar-refractivity contribution < 1.29 is 27.8 Å². The van der Waals surface area contributed by atoms with Crippen molar-refractivity contribution in [2.24, 2.45) is 11.8 Å². The van der Waals surface area contributed by atoms with Crippen LogP contribution in [0.25, 0.3) is 0 Å². The molecule has 37 heavy (non-hydrogen) atoms. The van der Waals surface area contributed by atoms with E-state index in [9.17, 15) is 27.8 Å². The molecule has 2 unspecified atom stereocenters. The summed E-state index contributed by atoms with van der Waals surface area (Å²) >= 11 is 6.29. The van der Waals surface area contributed by atoms with Gasteiger partial charge in [0.25, 0.3) is 5.91 Å². The number of hydrogen-bond acceptors (Lipinski definition) is 7. The molecule has 1 heterocycles. The molecule has 2 aromatic carbocycles. The van der Waals surface area contributed by atoms with Crippen LogP contribution in [0.1, 0.15) is 48.0 Å². The van der Waals surface area contributed by atoms with E-state index in [1.807, 2.05) is 0 Å². The number of carbonyl (C=O) groups excluding carboxylic acids is 1. The van der Waals surface area contributed by atoms with Crippen LogP contribution in [0, 0.1) is 17.7 Å². The molecule has 1 aromatic heterocycles. The van der Waals surface area contributed by atoms with E-state index in [4.69, 9.17) is 17.3 Å². The van der Waals surface area contributed by atoms with Gasteiger partial charge in [0, 0.05) is 23.6 Å². The second kappa shape index (κ2) is 9.39. The summed E-state index contributed by atoms with van der Waals surface area (Å²) in [7, 11) is -3.99. The van der Waals surface area contributed by atoms with Crippen LogP contribution in [0.5, 0.6) is 0 Å². The maximum Gasteiger partial charge on any atom is 0.255 e. The third kappa shape index (κ3) is 4.39. The van der Waals surface area contributed by atoms with Gasteiger partial charge >= 0.3 is 0 Å². The van der Waals surface area contributed by atoms with Crippen LogP contribution < -0.4 is 11.1 Å². The Morgan fingerprint density at radius 3 is 2.54 bits per heavy atom. The van der Waals surface area contributed by atoms with Gasteiger partial charge in [0.1, 0.15) is 23.3 Å². The molecule has 0 aliphatic heterocycles. The quantitative estimate of drug-likeness (QED) is 0.295. The van der Waals surface area contributed by atoms with E-state index >= 15 is 0 Å². The Labute approximate surface area is 217 Å². The average Bonchev–Trinajstić information content (AvgIpc) is 3.43. The number of aliphatic hydroxyl groups excluding tert-OH is 1. The molecule has 0 spiro atoms. The highest BCUT2D eigenvalue weighted by Gasteiger charge is 2.59. The largest absolute Gasteiger partial charge is 0.396 e. The summed E-state index contributed by atoms with van der Waals surface area (Å²) in [6, 6.07) is 7.68. The number of sulfone groups is 1. The lowest BCUT2D eigenvalue weighted by Crippen LogP contribution is -2.52. The van der Waals surface area contributed by atoms with Gasteiger partial charge in [-0.2, -0.15) is 0 Å². The number of halogens is 2. The highest BCUT2D eigenvalue weighted by atomic mass is 35.5. The van der Waals surface area contributed by atoms with Crippen LogP contribution in [-0.2, 0) is 9.84 Å². The van der Waals surface area contributed by atoms with Gasteiger partial charge in [0.05, 0.1) is 20.9 Å². The molecular weight excluding hydrogens is 523 g/mol. The van der Waals surface area contributed by atoms with Crippen LogP contribution in [0.3, 0.4) is 0 Å². The first-order valence-electron chi connectivity index (χ1n) is 11.8. The lowest BCUT2D eigenvalue weighted by Gasteiger charge is -2.44. The highest BCUT2D eigenvalue weighted by molar-refractivity contribution is 7.92. The first-order chi connectivity index (χ1) is 17.5. The van der Waals surface area contributed by atoms with Gasteiger partial charge in [0.2, 0.25) is 0 Å². The van der Waals surface area contributed by atoms with Crippen LogP contribution in [0.2, 0.25) is 5.02 Å². The molecule has 3 aromatic rings. The van der Waals surface area contributed by atoms with Crippen molar-refractivity contribution in [2.75, 3.05) is 11.1 Å². The first-order valence-corrected chi connectivity index (χ1v) is 13.7. The molecule has 0 saturated heterocycles.